The molecule has 0 aromatic heterocycles. The molecular formula is C28H24F3N3O4. The molecule has 0 atom stereocenters. The van der Waals surface area contributed by atoms with Crippen LogP contribution >= 0.6 is 0 Å². The summed E-state index contributed by atoms with van der Waals surface area (Å²) in [4.78, 5) is 40.1. The zero-order chi connectivity index (χ0) is 27.2. The smallest absolute Gasteiger partial charge is 0.273 e. The van der Waals surface area contributed by atoms with E-state index in [9.17, 15) is 32.9 Å². The van der Waals surface area contributed by atoms with Crippen molar-refractivity contribution in [3.63, 3.8) is 0 Å². The number of halogens is 3. The Morgan fingerprint density at radius 1 is 0.947 bits per heavy atom. The molecule has 38 heavy (non-hydrogen) atoms. The molecule has 5 rings (SSSR count). The highest BCUT2D eigenvalue weighted by molar-refractivity contribution is 5.96. The van der Waals surface area contributed by atoms with Crippen LogP contribution in [0.25, 0.3) is 0 Å². The normalized spacial score (nSPS) is 16.3. The zero-order valence-corrected chi connectivity index (χ0v) is 20.5. The summed E-state index contributed by atoms with van der Waals surface area (Å²) in [5.41, 5.74) is 0.979. The van der Waals surface area contributed by atoms with E-state index in [1.165, 1.54) is 17.9 Å². The second-order valence-corrected chi connectivity index (χ2v) is 9.88. The Balaban J connectivity index is 1.41. The summed E-state index contributed by atoms with van der Waals surface area (Å²) < 4.78 is 41.8. The largest absolute Gasteiger partial charge is 0.339 e. The molecule has 1 spiro atoms. The summed E-state index contributed by atoms with van der Waals surface area (Å²) in [6.45, 7) is 2.60. The maximum absolute atomic E-state index is 14.2. The average molecular weight is 524 g/mol. The maximum Gasteiger partial charge on any atom is 0.273 e. The van der Waals surface area contributed by atoms with Gasteiger partial charge in [0.1, 0.15) is 5.82 Å². The van der Waals surface area contributed by atoms with E-state index in [0.717, 1.165) is 35.4 Å². The third kappa shape index (κ3) is 4.40. The van der Waals surface area contributed by atoms with E-state index in [1.807, 2.05) is 24.3 Å². The standard InChI is InChI=1S/C28H24F3N3O4/c1-17-22(6-7-24(30)25(17)31)27(36)33-15-18-4-2-3-5-23(18)28(16-33)8-10-32(11-9-28)26(35)19-12-20(29)14-21(13-19)34(37)38/h2-7,12-14H,8-11,15-16H2,1H3. The van der Waals surface area contributed by atoms with Gasteiger partial charge in [-0.05, 0) is 49.1 Å². The van der Waals surface area contributed by atoms with Crippen molar-refractivity contribution in [3.8, 4) is 0 Å². The molecule has 7 nitrogen and oxygen atoms in total. The number of non-ortho nitro benzene ring substituents is 1. The Hall–Kier alpha value is -4.21. The van der Waals surface area contributed by atoms with Gasteiger partial charge in [0.25, 0.3) is 17.5 Å². The Kier molecular flexibility index (Phi) is 6.42. The minimum atomic E-state index is -1.05. The van der Waals surface area contributed by atoms with Crippen LogP contribution in [0, 0.1) is 34.5 Å². The maximum atomic E-state index is 14.2. The number of hydrogen-bond donors (Lipinski definition) is 0. The van der Waals surface area contributed by atoms with Crippen molar-refractivity contribution in [2.24, 2.45) is 0 Å². The van der Waals surface area contributed by atoms with Crippen LogP contribution in [0.3, 0.4) is 0 Å². The van der Waals surface area contributed by atoms with Crippen LogP contribution in [0.4, 0.5) is 18.9 Å². The zero-order valence-electron chi connectivity index (χ0n) is 20.5. The summed E-state index contributed by atoms with van der Waals surface area (Å²) in [5, 5.41) is 11.1. The highest BCUT2D eigenvalue weighted by Crippen LogP contribution is 2.42. The lowest BCUT2D eigenvalue weighted by molar-refractivity contribution is -0.385. The van der Waals surface area contributed by atoms with Gasteiger partial charge in [-0.15, -0.1) is 0 Å². The third-order valence-electron chi connectivity index (χ3n) is 7.65. The SMILES string of the molecule is Cc1c(C(=O)N2Cc3ccccc3C3(CCN(C(=O)c4cc(F)cc([N+](=O)[O-])c4)CC3)C2)ccc(F)c1F. The van der Waals surface area contributed by atoms with Gasteiger partial charge in [0.2, 0.25) is 0 Å². The van der Waals surface area contributed by atoms with Gasteiger partial charge in [-0.2, -0.15) is 0 Å². The predicted octanol–water partition coefficient (Wildman–Crippen LogP) is 5.15. The Morgan fingerprint density at radius 3 is 2.37 bits per heavy atom. The summed E-state index contributed by atoms with van der Waals surface area (Å²) in [6.07, 6.45) is 0.988. The molecule has 10 heteroatoms. The van der Waals surface area contributed by atoms with Crippen molar-refractivity contribution in [2.75, 3.05) is 19.6 Å². The Morgan fingerprint density at radius 2 is 1.66 bits per heavy atom. The fourth-order valence-electron chi connectivity index (χ4n) is 5.64. The van der Waals surface area contributed by atoms with E-state index >= 15 is 0 Å². The lowest BCUT2D eigenvalue weighted by Gasteiger charge is -2.48. The first kappa shape index (κ1) is 25.4. The molecule has 2 heterocycles. The number of carbonyl (C=O) groups excluding carboxylic acids is 2. The van der Waals surface area contributed by atoms with E-state index < -0.39 is 45.3 Å². The minimum absolute atomic E-state index is 0.0486. The van der Waals surface area contributed by atoms with Crippen molar-refractivity contribution in [3.05, 3.63) is 110 Å². The lowest BCUT2D eigenvalue weighted by atomic mass is 9.68. The number of carbonyl (C=O) groups is 2. The number of nitro benzene ring substituents is 1. The van der Waals surface area contributed by atoms with Crippen molar-refractivity contribution in [1.82, 2.24) is 9.80 Å². The molecule has 0 aliphatic carbocycles. The van der Waals surface area contributed by atoms with Crippen LogP contribution < -0.4 is 0 Å². The molecule has 0 N–H and O–H groups in total. The van der Waals surface area contributed by atoms with E-state index in [-0.39, 0.29) is 16.7 Å². The molecule has 2 aliphatic heterocycles. The van der Waals surface area contributed by atoms with E-state index in [4.69, 9.17) is 0 Å². The van der Waals surface area contributed by atoms with E-state index in [2.05, 4.69) is 0 Å². The van der Waals surface area contributed by atoms with E-state index in [1.54, 1.807) is 4.90 Å². The van der Waals surface area contributed by atoms with Crippen molar-refractivity contribution in [1.29, 1.82) is 0 Å². The molecule has 3 aromatic rings. The van der Waals surface area contributed by atoms with Gasteiger partial charge >= 0.3 is 0 Å². The van der Waals surface area contributed by atoms with Crippen LogP contribution in [0.15, 0.2) is 54.6 Å². The number of piperidine rings is 1. The topological polar surface area (TPSA) is 83.8 Å². The van der Waals surface area contributed by atoms with Crippen LogP contribution in [0.5, 0.6) is 0 Å². The van der Waals surface area contributed by atoms with Crippen molar-refractivity contribution >= 4 is 17.5 Å². The van der Waals surface area contributed by atoms with Crippen molar-refractivity contribution in [2.45, 2.75) is 31.7 Å². The first-order chi connectivity index (χ1) is 18.1. The number of hydrogen-bond acceptors (Lipinski definition) is 4. The number of likely N-dealkylation sites (tertiary alicyclic amines) is 1. The molecule has 2 amide bonds. The summed E-state index contributed by atoms with van der Waals surface area (Å²) >= 11 is 0. The Labute approximate surface area is 216 Å². The lowest BCUT2D eigenvalue weighted by Crippen LogP contribution is -2.54. The van der Waals surface area contributed by atoms with Gasteiger partial charge in [-0.1, -0.05) is 24.3 Å². The molecular weight excluding hydrogens is 499 g/mol. The number of nitro groups is 1. The molecule has 1 saturated heterocycles. The molecule has 1 fully saturated rings. The molecule has 3 aromatic carbocycles. The van der Waals surface area contributed by atoms with Gasteiger partial charge in [0, 0.05) is 54.4 Å². The second-order valence-electron chi connectivity index (χ2n) is 9.88. The number of benzene rings is 3. The van der Waals surface area contributed by atoms with Crippen LogP contribution in [0.2, 0.25) is 0 Å². The third-order valence-corrected chi connectivity index (χ3v) is 7.65. The molecule has 2 aliphatic rings. The number of amides is 2. The van der Waals surface area contributed by atoms with Gasteiger partial charge in [-0.25, -0.2) is 13.2 Å². The summed E-state index contributed by atoms with van der Waals surface area (Å²) in [5.74, 6) is -3.83. The average Bonchev–Trinajstić information content (AvgIpc) is 2.91. The highest BCUT2D eigenvalue weighted by atomic mass is 19.2. The van der Waals surface area contributed by atoms with Crippen LogP contribution in [0.1, 0.15) is 50.2 Å². The quantitative estimate of drug-likeness (QED) is 0.351. The van der Waals surface area contributed by atoms with Gasteiger partial charge in [0.15, 0.2) is 11.6 Å². The number of nitrogens with zero attached hydrogens (tertiary/aromatic N) is 3. The minimum Gasteiger partial charge on any atom is -0.339 e. The number of rotatable bonds is 3. The van der Waals surface area contributed by atoms with Crippen LogP contribution in [-0.2, 0) is 12.0 Å². The summed E-state index contributed by atoms with van der Waals surface area (Å²) in [7, 11) is 0. The van der Waals surface area contributed by atoms with Gasteiger partial charge < -0.3 is 9.80 Å². The van der Waals surface area contributed by atoms with Crippen molar-refractivity contribution < 1.29 is 27.7 Å². The second kappa shape index (κ2) is 9.59. The molecule has 196 valence electrons. The predicted molar refractivity (Wildman–Crippen MR) is 132 cm³/mol. The molecule has 0 radical (unpaired) electrons. The van der Waals surface area contributed by atoms with E-state index in [0.29, 0.717) is 39.0 Å². The monoisotopic (exact) mass is 523 g/mol. The summed E-state index contributed by atoms with van der Waals surface area (Å²) in [6, 6.07) is 12.8. The first-order valence-corrected chi connectivity index (χ1v) is 12.2. The van der Waals surface area contributed by atoms with Crippen LogP contribution in [-0.4, -0.2) is 46.2 Å². The fourth-order valence-corrected chi connectivity index (χ4v) is 5.64. The fraction of sp³-hybridized carbons (Fsp3) is 0.286. The molecule has 0 saturated carbocycles. The number of fused-ring (bicyclic) bond motifs is 2. The Bertz CT molecular complexity index is 1470. The highest BCUT2D eigenvalue weighted by Gasteiger charge is 2.44. The molecule has 0 unspecified atom stereocenters. The first-order valence-electron chi connectivity index (χ1n) is 12.2. The van der Waals surface area contributed by atoms with Gasteiger partial charge in [-0.3, -0.25) is 19.7 Å². The van der Waals surface area contributed by atoms with Gasteiger partial charge in [0.05, 0.1) is 11.0 Å². The molecule has 0 bridgehead atoms.